The molecule has 9 heteroatoms. The van der Waals surface area contributed by atoms with Gasteiger partial charge in [-0.1, -0.05) is 18.2 Å². The Balaban J connectivity index is 0.00000300. The SMILES string of the molecule is CCNC(=NCc1nnc2ccccn12)NCCCN(C)c1ccccc1F.I. The minimum atomic E-state index is -0.201. The van der Waals surface area contributed by atoms with E-state index in [4.69, 9.17) is 0 Å². The number of hydrogen-bond donors (Lipinski definition) is 2. The van der Waals surface area contributed by atoms with Crippen LogP contribution >= 0.6 is 24.0 Å². The smallest absolute Gasteiger partial charge is 0.191 e. The molecule has 3 rings (SSSR count). The average molecular weight is 511 g/mol. The number of halogens is 2. The van der Waals surface area contributed by atoms with E-state index in [9.17, 15) is 4.39 Å². The van der Waals surface area contributed by atoms with E-state index in [2.05, 4.69) is 25.8 Å². The molecular formula is C20H27FIN7. The first-order chi connectivity index (χ1) is 13.7. The van der Waals surface area contributed by atoms with Crippen LogP contribution in [0.25, 0.3) is 5.65 Å². The third-order valence-electron chi connectivity index (χ3n) is 4.33. The van der Waals surface area contributed by atoms with Gasteiger partial charge >= 0.3 is 0 Å². The molecule has 0 aliphatic carbocycles. The number of pyridine rings is 1. The van der Waals surface area contributed by atoms with Gasteiger partial charge in [0.05, 0.1) is 5.69 Å². The van der Waals surface area contributed by atoms with Gasteiger partial charge in [-0.3, -0.25) is 4.40 Å². The van der Waals surface area contributed by atoms with Gasteiger partial charge in [-0.05, 0) is 37.6 Å². The summed E-state index contributed by atoms with van der Waals surface area (Å²) in [7, 11) is 1.90. The maximum atomic E-state index is 13.8. The number of hydrogen-bond acceptors (Lipinski definition) is 4. The van der Waals surface area contributed by atoms with Crippen molar-refractivity contribution in [2.45, 2.75) is 19.9 Å². The number of rotatable bonds is 8. The molecule has 0 fully saturated rings. The Labute approximate surface area is 187 Å². The van der Waals surface area contributed by atoms with Crippen molar-refractivity contribution in [3.05, 3.63) is 60.3 Å². The first-order valence-electron chi connectivity index (χ1n) is 9.45. The van der Waals surface area contributed by atoms with Crippen LogP contribution in [0.5, 0.6) is 0 Å². The van der Waals surface area contributed by atoms with Crippen molar-refractivity contribution in [3.8, 4) is 0 Å². The molecule has 0 aliphatic heterocycles. The summed E-state index contributed by atoms with van der Waals surface area (Å²) < 4.78 is 15.8. The normalized spacial score (nSPS) is 11.2. The quantitative estimate of drug-likeness (QED) is 0.211. The third kappa shape index (κ3) is 6.28. The molecule has 2 aromatic heterocycles. The van der Waals surface area contributed by atoms with Gasteiger partial charge < -0.3 is 15.5 Å². The number of aliphatic imine (C=N–C) groups is 1. The Kier molecular flexibility index (Phi) is 9.10. The predicted octanol–water partition coefficient (Wildman–Crippen LogP) is 3.07. The lowest BCUT2D eigenvalue weighted by Gasteiger charge is -2.20. The first-order valence-corrected chi connectivity index (χ1v) is 9.45. The summed E-state index contributed by atoms with van der Waals surface area (Å²) in [5.74, 6) is 1.31. The van der Waals surface area contributed by atoms with Gasteiger partial charge in [-0.2, -0.15) is 0 Å². The molecule has 3 aromatic rings. The van der Waals surface area contributed by atoms with Crippen LogP contribution in [0.4, 0.5) is 10.1 Å². The number of para-hydroxylation sites is 1. The Hall–Kier alpha value is -2.43. The molecule has 0 aliphatic rings. The summed E-state index contributed by atoms with van der Waals surface area (Å²) in [4.78, 5) is 6.51. The highest BCUT2D eigenvalue weighted by atomic mass is 127. The Bertz CT molecular complexity index is 928. The van der Waals surface area contributed by atoms with Crippen LogP contribution in [0.2, 0.25) is 0 Å². The monoisotopic (exact) mass is 511 g/mol. The van der Waals surface area contributed by atoms with Gasteiger partial charge in [0.25, 0.3) is 0 Å². The molecule has 0 saturated carbocycles. The summed E-state index contributed by atoms with van der Waals surface area (Å²) in [6.45, 7) is 4.68. The van der Waals surface area contributed by atoms with Crippen molar-refractivity contribution in [3.63, 3.8) is 0 Å². The molecule has 0 radical (unpaired) electrons. The highest BCUT2D eigenvalue weighted by Crippen LogP contribution is 2.16. The number of nitrogens with zero attached hydrogens (tertiary/aromatic N) is 5. The fraction of sp³-hybridized carbons (Fsp3) is 0.350. The summed E-state index contributed by atoms with van der Waals surface area (Å²) in [6.07, 6.45) is 2.78. The zero-order valence-electron chi connectivity index (χ0n) is 16.7. The second-order valence-electron chi connectivity index (χ2n) is 6.39. The maximum absolute atomic E-state index is 13.8. The third-order valence-corrected chi connectivity index (χ3v) is 4.33. The molecule has 2 N–H and O–H groups in total. The molecule has 0 atom stereocenters. The van der Waals surface area contributed by atoms with Crippen LogP contribution in [0.3, 0.4) is 0 Å². The van der Waals surface area contributed by atoms with E-state index in [1.54, 1.807) is 12.1 Å². The first kappa shape index (κ1) is 22.9. The lowest BCUT2D eigenvalue weighted by Crippen LogP contribution is -2.38. The predicted molar refractivity (Wildman–Crippen MR) is 126 cm³/mol. The zero-order chi connectivity index (χ0) is 19.8. The lowest BCUT2D eigenvalue weighted by molar-refractivity contribution is 0.619. The molecular weight excluding hydrogens is 484 g/mol. The second-order valence-corrected chi connectivity index (χ2v) is 6.39. The van der Waals surface area contributed by atoms with Crippen molar-refractivity contribution < 1.29 is 4.39 Å². The largest absolute Gasteiger partial charge is 0.372 e. The van der Waals surface area contributed by atoms with E-state index in [0.29, 0.717) is 12.2 Å². The molecule has 0 saturated heterocycles. The second kappa shape index (κ2) is 11.5. The fourth-order valence-electron chi connectivity index (χ4n) is 2.90. The van der Waals surface area contributed by atoms with Crippen LogP contribution < -0.4 is 15.5 Å². The molecule has 156 valence electrons. The molecule has 1 aromatic carbocycles. The number of nitrogens with one attached hydrogen (secondary N) is 2. The van der Waals surface area contributed by atoms with Crippen molar-refractivity contribution in [2.24, 2.45) is 4.99 Å². The fourth-order valence-corrected chi connectivity index (χ4v) is 2.90. The van der Waals surface area contributed by atoms with Gasteiger partial charge in [-0.25, -0.2) is 9.38 Å². The van der Waals surface area contributed by atoms with Gasteiger partial charge in [-0.15, -0.1) is 34.2 Å². The van der Waals surface area contributed by atoms with E-state index in [1.807, 2.05) is 53.7 Å². The minimum Gasteiger partial charge on any atom is -0.372 e. The number of benzene rings is 1. The Morgan fingerprint density at radius 2 is 1.93 bits per heavy atom. The van der Waals surface area contributed by atoms with Crippen LogP contribution in [-0.4, -0.2) is 47.2 Å². The van der Waals surface area contributed by atoms with Gasteiger partial charge in [0.15, 0.2) is 17.4 Å². The highest BCUT2D eigenvalue weighted by Gasteiger charge is 2.07. The highest BCUT2D eigenvalue weighted by molar-refractivity contribution is 14.0. The molecule has 0 bridgehead atoms. The molecule has 29 heavy (non-hydrogen) atoms. The van der Waals surface area contributed by atoms with Gasteiger partial charge in [0.1, 0.15) is 12.4 Å². The molecule has 2 heterocycles. The number of guanidine groups is 1. The molecule has 7 nitrogen and oxygen atoms in total. The number of aromatic nitrogens is 3. The van der Waals surface area contributed by atoms with E-state index in [0.717, 1.165) is 43.5 Å². The van der Waals surface area contributed by atoms with Gasteiger partial charge in [0.2, 0.25) is 0 Å². The summed E-state index contributed by atoms with van der Waals surface area (Å²) >= 11 is 0. The van der Waals surface area contributed by atoms with Crippen molar-refractivity contribution in [1.29, 1.82) is 0 Å². The van der Waals surface area contributed by atoms with Crippen molar-refractivity contribution in [1.82, 2.24) is 25.2 Å². The summed E-state index contributed by atoms with van der Waals surface area (Å²) in [5, 5.41) is 14.9. The van der Waals surface area contributed by atoms with Crippen LogP contribution in [0.15, 0.2) is 53.7 Å². The molecule has 0 amide bonds. The average Bonchev–Trinajstić information content (AvgIpc) is 3.12. The van der Waals surface area contributed by atoms with Gasteiger partial charge in [0, 0.05) is 32.9 Å². The summed E-state index contributed by atoms with van der Waals surface area (Å²) in [5.41, 5.74) is 1.42. The maximum Gasteiger partial charge on any atom is 0.191 e. The van der Waals surface area contributed by atoms with Crippen LogP contribution in [0.1, 0.15) is 19.2 Å². The summed E-state index contributed by atoms with van der Waals surface area (Å²) in [6, 6.07) is 12.6. The van der Waals surface area contributed by atoms with E-state index in [1.165, 1.54) is 6.07 Å². The van der Waals surface area contributed by atoms with E-state index < -0.39 is 0 Å². The Morgan fingerprint density at radius 1 is 1.14 bits per heavy atom. The van der Waals surface area contributed by atoms with E-state index in [-0.39, 0.29) is 29.8 Å². The standard InChI is InChI=1S/C20H26FN7.HI/c1-3-22-20(24-15-19-26-25-18-11-6-7-14-28(18)19)23-12-8-13-27(2)17-10-5-4-9-16(17)21;/h4-7,9-11,14H,3,8,12-13,15H2,1-2H3,(H2,22,23,24);1H. The molecule has 0 unspecified atom stereocenters. The van der Waals surface area contributed by atoms with Crippen LogP contribution in [-0.2, 0) is 6.54 Å². The topological polar surface area (TPSA) is 69.8 Å². The Morgan fingerprint density at radius 3 is 2.72 bits per heavy atom. The minimum absolute atomic E-state index is 0. The zero-order valence-corrected chi connectivity index (χ0v) is 19.0. The lowest BCUT2D eigenvalue weighted by atomic mass is 10.2. The molecule has 0 spiro atoms. The van der Waals surface area contributed by atoms with Crippen LogP contribution in [0, 0.1) is 5.82 Å². The number of fused-ring (bicyclic) bond motifs is 1. The van der Waals surface area contributed by atoms with Crippen molar-refractivity contribution >= 4 is 41.3 Å². The van der Waals surface area contributed by atoms with E-state index >= 15 is 0 Å². The van der Waals surface area contributed by atoms with Crippen molar-refractivity contribution in [2.75, 3.05) is 31.6 Å². The number of anilines is 1.